The van der Waals surface area contributed by atoms with E-state index < -0.39 is 0 Å². The van der Waals surface area contributed by atoms with Crippen LogP contribution in [0, 0.1) is 0 Å². The summed E-state index contributed by atoms with van der Waals surface area (Å²) in [5.41, 5.74) is 2.96. The smallest absolute Gasteiger partial charge is 0.237 e. The molecule has 2 aromatic rings. The number of carbonyl (C=O) groups excluding carboxylic acids is 1. The van der Waals surface area contributed by atoms with Gasteiger partial charge in [-0.25, -0.2) is 0 Å². The monoisotopic (exact) mass is 274 g/mol. The minimum absolute atomic E-state index is 0. The Morgan fingerprint density at radius 2 is 2.00 bits per heavy atom. The quantitative estimate of drug-likeness (QED) is 0.740. The van der Waals surface area contributed by atoms with Gasteiger partial charge >= 0.3 is 0 Å². The molecular formula is C15H15ClN2O. The number of nitrogens with zero attached hydrogens (tertiary/aromatic N) is 2. The second-order valence-corrected chi connectivity index (χ2v) is 5.34. The van der Waals surface area contributed by atoms with Crippen LogP contribution in [-0.4, -0.2) is 17.9 Å². The number of fused-ring (bicyclic) bond motifs is 4. The largest absolute Gasteiger partial charge is 0.313 e. The Bertz CT molecular complexity index is 679. The van der Waals surface area contributed by atoms with Crippen LogP contribution in [0.3, 0.4) is 0 Å². The van der Waals surface area contributed by atoms with Crippen molar-refractivity contribution < 1.29 is 4.79 Å². The van der Waals surface area contributed by atoms with Gasteiger partial charge in [0.05, 0.1) is 22.8 Å². The van der Waals surface area contributed by atoms with E-state index in [1.54, 1.807) is 4.90 Å². The first-order valence-corrected chi connectivity index (χ1v) is 6.40. The van der Waals surface area contributed by atoms with Crippen LogP contribution in [0.4, 0.5) is 5.69 Å². The van der Waals surface area contributed by atoms with Gasteiger partial charge in [0, 0.05) is 18.0 Å². The van der Waals surface area contributed by atoms with Gasteiger partial charge < -0.3 is 4.90 Å². The molecule has 19 heavy (non-hydrogen) atoms. The van der Waals surface area contributed by atoms with Crippen molar-refractivity contribution in [1.29, 1.82) is 0 Å². The number of para-hydroxylation sites is 1. The number of hydrogen-bond acceptors (Lipinski definition) is 2. The molecule has 1 aromatic carbocycles. The molecule has 98 valence electrons. The highest BCUT2D eigenvalue weighted by atomic mass is 35.5. The van der Waals surface area contributed by atoms with Crippen molar-refractivity contribution in [3.8, 4) is 0 Å². The third-order valence-electron chi connectivity index (χ3n) is 4.52. The fourth-order valence-corrected chi connectivity index (χ4v) is 3.42. The molecule has 3 nitrogen and oxygen atoms in total. The van der Waals surface area contributed by atoms with E-state index in [2.05, 4.69) is 11.1 Å². The van der Waals surface area contributed by atoms with E-state index in [1.165, 1.54) is 5.56 Å². The highest BCUT2D eigenvalue weighted by molar-refractivity contribution is 6.12. The average Bonchev–Trinajstić information content (AvgIpc) is 2.59. The maximum Gasteiger partial charge on any atom is 0.237 e. The van der Waals surface area contributed by atoms with E-state index in [-0.39, 0.29) is 23.7 Å². The van der Waals surface area contributed by atoms with E-state index in [9.17, 15) is 4.79 Å². The van der Waals surface area contributed by atoms with Crippen LogP contribution in [0.15, 0.2) is 30.5 Å². The van der Waals surface area contributed by atoms with Crippen LogP contribution < -0.4 is 4.90 Å². The molecule has 1 saturated carbocycles. The summed E-state index contributed by atoms with van der Waals surface area (Å²) in [6, 6.07) is 8.13. The van der Waals surface area contributed by atoms with Crippen LogP contribution in [0.25, 0.3) is 10.9 Å². The number of benzene rings is 1. The van der Waals surface area contributed by atoms with Crippen molar-refractivity contribution in [1.82, 2.24) is 4.98 Å². The van der Waals surface area contributed by atoms with Crippen molar-refractivity contribution in [2.24, 2.45) is 0 Å². The van der Waals surface area contributed by atoms with Gasteiger partial charge in [0.15, 0.2) is 0 Å². The van der Waals surface area contributed by atoms with Gasteiger partial charge in [-0.2, -0.15) is 0 Å². The Balaban J connectivity index is 0.00000110. The fraction of sp³-hybridized carbons (Fsp3) is 0.333. The highest BCUT2D eigenvalue weighted by Gasteiger charge is 2.54. The Kier molecular flexibility index (Phi) is 2.58. The number of likely N-dealkylation sites (N-methyl/N-ethyl adjacent to an activating group) is 1. The second-order valence-electron chi connectivity index (χ2n) is 5.34. The Labute approximate surface area is 118 Å². The number of aromatic nitrogens is 1. The van der Waals surface area contributed by atoms with Crippen molar-refractivity contribution in [3.63, 3.8) is 0 Å². The van der Waals surface area contributed by atoms with Crippen molar-refractivity contribution in [3.05, 3.63) is 36.0 Å². The highest BCUT2D eigenvalue weighted by Crippen LogP contribution is 2.54. The summed E-state index contributed by atoms with van der Waals surface area (Å²) in [7, 11) is 1.87. The third kappa shape index (κ3) is 1.34. The summed E-state index contributed by atoms with van der Waals surface area (Å²) >= 11 is 0. The van der Waals surface area contributed by atoms with Crippen LogP contribution in [-0.2, 0) is 10.2 Å². The normalized spacial score (nSPS) is 19.2. The number of pyridine rings is 1. The summed E-state index contributed by atoms with van der Waals surface area (Å²) in [6.07, 6.45) is 4.96. The molecular weight excluding hydrogens is 260 g/mol. The van der Waals surface area contributed by atoms with Gasteiger partial charge in [-0.15, -0.1) is 12.4 Å². The Morgan fingerprint density at radius 1 is 1.26 bits per heavy atom. The van der Waals surface area contributed by atoms with Crippen molar-refractivity contribution in [2.75, 3.05) is 11.9 Å². The van der Waals surface area contributed by atoms with Crippen LogP contribution in [0.5, 0.6) is 0 Å². The Hall–Kier alpha value is -1.61. The number of hydrogen-bond donors (Lipinski definition) is 0. The first-order chi connectivity index (χ1) is 8.74. The average molecular weight is 275 g/mol. The molecule has 0 unspecified atom stereocenters. The minimum atomic E-state index is -0.243. The third-order valence-corrected chi connectivity index (χ3v) is 4.52. The molecule has 1 amide bonds. The summed E-state index contributed by atoms with van der Waals surface area (Å²) < 4.78 is 0. The zero-order valence-corrected chi connectivity index (χ0v) is 11.5. The van der Waals surface area contributed by atoms with Gasteiger partial charge in [0.25, 0.3) is 0 Å². The molecule has 0 saturated heterocycles. The number of carbonyl (C=O) groups is 1. The van der Waals surface area contributed by atoms with E-state index in [0.29, 0.717) is 0 Å². The molecule has 2 heterocycles. The zero-order chi connectivity index (χ0) is 12.3. The van der Waals surface area contributed by atoms with E-state index in [1.807, 2.05) is 31.4 Å². The van der Waals surface area contributed by atoms with Crippen molar-refractivity contribution >= 4 is 34.9 Å². The second kappa shape index (κ2) is 3.94. The maximum absolute atomic E-state index is 12.5. The fourth-order valence-electron chi connectivity index (χ4n) is 3.42. The molecule has 1 aliphatic heterocycles. The lowest BCUT2D eigenvalue weighted by Gasteiger charge is -2.37. The van der Waals surface area contributed by atoms with Crippen LogP contribution in [0.1, 0.15) is 24.8 Å². The van der Waals surface area contributed by atoms with E-state index in [0.717, 1.165) is 35.9 Å². The molecule has 0 atom stereocenters. The maximum atomic E-state index is 12.5. The van der Waals surface area contributed by atoms with Gasteiger partial charge in [0.1, 0.15) is 0 Å². The van der Waals surface area contributed by atoms with Gasteiger partial charge in [0.2, 0.25) is 5.91 Å². The zero-order valence-electron chi connectivity index (χ0n) is 10.7. The van der Waals surface area contributed by atoms with Gasteiger partial charge in [-0.3, -0.25) is 9.78 Å². The topological polar surface area (TPSA) is 33.2 Å². The summed E-state index contributed by atoms with van der Waals surface area (Å²) in [4.78, 5) is 18.8. The lowest BCUT2D eigenvalue weighted by atomic mass is 9.64. The molecule has 0 N–H and O–H groups in total. The number of amides is 1. The van der Waals surface area contributed by atoms with Gasteiger partial charge in [-0.05, 0) is 18.9 Å². The van der Waals surface area contributed by atoms with E-state index in [4.69, 9.17) is 0 Å². The Morgan fingerprint density at radius 3 is 2.68 bits per heavy atom. The summed E-state index contributed by atoms with van der Waals surface area (Å²) in [5, 5.41) is 1.15. The molecule has 4 rings (SSSR count). The number of rotatable bonds is 0. The number of halogens is 1. The molecule has 1 spiro atoms. The molecule has 0 radical (unpaired) electrons. The van der Waals surface area contributed by atoms with Crippen LogP contribution in [0.2, 0.25) is 0 Å². The first kappa shape index (κ1) is 12.4. The molecule has 2 aliphatic rings. The van der Waals surface area contributed by atoms with Crippen molar-refractivity contribution in [2.45, 2.75) is 24.7 Å². The first-order valence-electron chi connectivity index (χ1n) is 6.40. The lowest BCUT2D eigenvalue weighted by molar-refractivity contribution is -0.125. The summed E-state index contributed by atoms with van der Waals surface area (Å²) in [6.45, 7) is 0. The SMILES string of the molecule is CN1C(=O)C2(CCC2)c2c1cnc1ccccc21.Cl. The van der Waals surface area contributed by atoms with Crippen LogP contribution >= 0.6 is 12.4 Å². The lowest BCUT2D eigenvalue weighted by Crippen LogP contribution is -2.43. The van der Waals surface area contributed by atoms with Gasteiger partial charge in [-0.1, -0.05) is 24.6 Å². The molecule has 1 fully saturated rings. The minimum Gasteiger partial charge on any atom is -0.313 e. The predicted octanol–water partition coefficient (Wildman–Crippen LogP) is 3.05. The molecule has 4 heteroatoms. The standard InChI is InChI=1S/C15H14N2O.ClH/c1-17-12-9-16-11-6-3-2-5-10(11)13(12)15(14(17)18)7-4-8-15;/h2-3,5-6,9H,4,7-8H2,1H3;1H. The molecule has 1 aliphatic carbocycles. The number of anilines is 1. The molecule has 0 bridgehead atoms. The predicted molar refractivity (Wildman–Crippen MR) is 77.9 cm³/mol. The summed E-state index contributed by atoms with van der Waals surface area (Å²) in [5.74, 6) is 0.252. The molecule has 1 aromatic heterocycles. The van der Waals surface area contributed by atoms with E-state index >= 15 is 0 Å².